The Balaban J connectivity index is 3.00. The Morgan fingerprint density at radius 2 is 2.06 bits per heavy atom. The topological polar surface area (TPSA) is 104 Å². The molecule has 8 heteroatoms. The van der Waals surface area contributed by atoms with Gasteiger partial charge in [-0.2, -0.15) is 0 Å². The molecule has 90 valence electrons. The first-order valence-corrected chi connectivity index (χ1v) is 7.28. The minimum absolute atomic E-state index is 0.0420. The Kier molecular flexibility index (Phi) is 5.39. The minimum atomic E-state index is -4.36. The van der Waals surface area contributed by atoms with Crippen molar-refractivity contribution in [2.45, 2.75) is 11.0 Å². The fourth-order valence-corrected chi connectivity index (χ4v) is 2.56. The maximum absolute atomic E-state index is 11.1. The van der Waals surface area contributed by atoms with Crippen LogP contribution in [0.3, 0.4) is 0 Å². The number of rotatable bonds is 5. The van der Waals surface area contributed by atoms with E-state index in [9.17, 15) is 8.42 Å². The third kappa shape index (κ3) is 4.55. The van der Waals surface area contributed by atoms with Gasteiger partial charge in [-0.1, -0.05) is 0 Å². The Labute approximate surface area is 116 Å². The zero-order valence-corrected chi connectivity index (χ0v) is 12.0. The molecule has 0 saturated heterocycles. The van der Waals surface area contributed by atoms with Crippen molar-refractivity contribution < 1.29 is 27.9 Å². The molecule has 0 fully saturated rings. The van der Waals surface area contributed by atoms with Gasteiger partial charge in [0.05, 0.1) is 0 Å². The molecule has 1 atom stereocenters. The van der Waals surface area contributed by atoms with Crippen LogP contribution in [0, 0.1) is 0 Å². The van der Waals surface area contributed by atoms with Crippen molar-refractivity contribution in [2.24, 2.45) is 0 Å². The number of hydrogen-bond donors (Lipinski definition) is 3. The van der Waals surface area contributed by atoms with E-state index in [1.165, 1.54) is 12.1 Å². The van der Waals surface area contributed by atoms with Crippen molar-refractivity contribution in [1.29, 1.82) is 0 Å². The van der Waals surface area contributed by atoms with Crippen LogP contribution in [-0.2, 0) is 10.1 Å². The molecule has 0 amide bonds. The SMILES string of the molecule is O=S(=O)(O)c1c[c]([Na])ccc1OCC(O)CO. The Bertz CT molecular complexity index is 486. The van der Waals surface area contributed by atoms with Gasteiger partial charge in [-0.25, -0.2) is 0 Å². The Morgan fingerprint density at radius 3 is 2.59 bits per heavy atom. The maximum atomic E-state index is 11.1. The Hall–Kier alpha value is -0.150. The molecule has 1 aromatic carbocycles. The van der Waals surface area contributed by atoms with Crippen molar-refractivity contribution in [2.75, 3.05) is 13.2 Å². The van der Waals surface area contributed by atoms with Gasteiger partial charge in [0.1, 0.15) is 0 Å². The predicted octanol–water partition coefficient (Wildman–Crippen LogP) is -1.54. The van der Waals surface area contributed by atoms with Crippen LogP contribution >= 0.6 is 0 Å². The molecule has 0 aliphatic rings. The van der Waals surface area contributed by atoms with Gasteiger partial charge in [0.2, 0.25) is 0 Å². The van der Waals surface area contributed by atoms with E-state index in [1.807, 2.05) is 0 Å². The standard InChI is InChI=1S/C9H11O6S.Na/c10-5-7(11)6-15-8-3-1-2-4-9(8)16(12,13)14;/h1,3-4,7,10-11H,5-6H2,(H,12,13,14);. The molecular weight excluding hydrogens is 259 g/mol. The monoisotopic (exact) mass is 270 g/mol. The van der Waals surface area contributed by atoms with Crippen LogP contribution < -0.4 is 7.55 Å². The summed E-state index contributed by atoms with van der Waals surface area (Å²) in [6, 6.07) is 4.40. The zero-order valence-electron chi connectivity index (χ0n) is 9.20. The molecule has 0 aromatic heterocycles. The van der Waals surface area contributed by atoms with E-state index in [2.05, 4.69) is 0 Å². The van der Waals surface area contributed by atoms with Crippen molar-refractivity contribution in [3.63, 3.8) is 0 Å². The van der Waals surface area contributed by atoms with Crippen molar-refractivity contribution in [3.05, 3.63) is 18.2 Å². The molecule has 1 aromatic rings. The summed E-state index contributed by atoms with van der Waals surface area (Å²) in [6.07, 6.45) is -1.10. The molecule has 0 aliphatic carbocycles. The molecule has 17 heavy (non-hydrogen) atoms. The fraction of sp³-hybridized carbons (Fsp3) is 0.333. The number of ether oxygens (including phenoxy) is 1. The summed E-state index contributed by atoms with van der Waals surface area (Å²) in [6.45, 7) is -0.737. The number of aliphatic hydroxyl groups is 2. The van der Waals surface area contributed by atoms with Gasteiger partial charge < -0.3 is 0 Å². The van der Waals surface area contributed by atoms with E-state index in [0.29, 0.717) is 27.9 Å². The first-order chi connectivity index (χ1) is 7.84. The second-order valence-electron chi connectivity index (χ2n) is 3.57. The average Bonchev–Trinajstić information content (AvgIpc) is 2.25. The van der Waals surface area contributed by atoms with Gasteiger partial charge in [0.15, 0.2) is 0 Å². The van der Waals surface area contributed by atoms with Crippen LogP contribution in [-0.4, -0.2) is 70.4 Å². The van der Waals surface area contributed by atoms with Crippen molar-refractivity contribution in [3.8, 4) is 5.75 Å². The number of hydrogen-bond acceptors (Lipinski definition) is 5. The second-order valence-corrected chi connectivity index (χ2v) is 6.12. The normalized spacial score (nSPS) is 13.5. The third-order valence-electron chi connectivity index (χ3n) is 2.02. The van der Waals surface area contributed by atoms with Gasteiger partial charge in [0.25, 0.3) is 0 Å². The predicted molar refractivity (Wildman–Crippen MR) is 60.2 cm³/mol. The summed E-state index contributed by atoms with van der Waals surface area (Å²) in [5.41, 5.74) is 0. The Morgan fingerprint density at radius 1 is 1.41 bits per heavy atom. The summed E-state index contributed by atoms with van der Waals surface area (Å²) in [5, 5.41) is 17.7. The van der Waals surface area contributed by atoms with E-state index in [-0.39, 0.29) is 17.3 Å². The molecule has 0 aliphatic heterocycles. The van der Waals surface area contributed by atoms with Crippen LogP contribution in [0.5, 0.6) is 5.75 Å². The number of aliphatic hydroxyl groups excluding tert-OH is 2. The van der Waals surface area contributed by atoms with Crippen molar-refractivity contribution >= 4 is 40.9 Å². The summed E-state index contributed by atoms with van der Waals surface area (Å²) in [5.74, 6) is -0.0420. The van der Waals surface area contributed by atoms with E-state index in [0.717, 1.165) is 2.81 Å². The van der Waals surface area contributed by atoms with Crippen LogP contribution in [0.25, 0.3) is 0 Å². The first-order valence-electron chi connectivity index (χ1n) is 4.84. The zero-order chi connectivity index (χ0) is 13.1. The second kappa shape index (κ2) is 6.14. The molecule has 1 unspecified atom stereocenters. The molecule has 3 N–H and O–H groups in total. The van der Waals surface area contributed by atoms with Gasteiger partial charge in [0, 0.05) is 0 Å². The molecule has 0 spiro atoms. The van der Waals surface area contributed by atoms with Gasteiger partial charge in [-0.05, 0) is 0 Å². The summed E-state index contributed by atoms with van der Waals surface area (Å²) in [7, 11) is -4.36. The summed E-state index contributed by atoms with van der Waals surface area (Å²) >= 11 is 0.635. The molecule has 0 heterocycles. The summed E-state index contributed by atoms with van der Waals surface area (Å²) in [4.78, 5) is -0.324. The van der Waals surface area contributed by atoms with Crippen LogP contribution in [0.4, 0.5) is 0 Å². The number of benzene rings is 1. The van der Waals surface area contributed by atoms with E-state index >= 15 is 0 Å². The summed E-state index contributed by atoms with van der Waals surface area (Å²) < 4.78 is 37.0. The van der Waals surface area contributed by atoms with Gasteiger partial charge >= 0.3 is 117 Å². The van der Waals surface area contributed by atoms with Crippen LogP contribution in [0.1, 0.15) is 0 Å². The third-order valence-corrected chi connectivity index (χ3v) is 3.52. The van der Waals surface area contributed by atoms with Crippen LogP contribution in [0.15, 0.2) is 23.1 Å². The first kappa shape index (κ1) is 14.9. The van der Waals surface area contributed by atoms with E-state index < -0.39 is 22.8 Å². The average molecular weight is 270 g/mol. The van der Waals surface area contributed by atoms with Gasteiger partial charge in [-0.15, -0.1) is 0 Å². The molecule has 0 radical (unpaired) electrons. The molecule has 6 nitrogen and oxygen atoms in total. The van der Waals surface area contributed by atoms with Crippen LogP contribution in [0.2, 0.25) is 0 Å². The van der Waals surface area contributed by atoms with E-state index in [1.54, 1.807) is 6.07 Å². The van der Waals surface area contributed by atoms with E-state index in [4.69, 9.17) is 19.5 Å². The van der Waals surface area contributed by atoms with Crippen molar-refractivity contribution in [1.82, 2.24) is 0 Å². The molecule has 0 bridgehead atoms. The molecule has 0 saturated carbocycles. The molecular formula is C9H11NaO6S. The quantitative estimate of drug-likeness (QED) is 0.442. The fourth-order valence-electron chi connectivity index (χ4n) is 1.17. The molecule has 1 rings (SSSR count). The van der Waals surface area contributed by atoms with Gasteiger partial charge in [-0.3, -0.25) is 0 Å².